The lowest BCUT2D eigenvalue weighted by Crippen LogP contribution is -2.75. The van der Waals surface area contributed by atoms with Gasteiger partial charge in [0.25, 0.3) is 0 Å². The first-order valence-electron chi connectivity index (χ1n) is 8.08. The number of Topliss-reactive ketones (excluding diaryl/α,β-unsaturated/α-hetero) is 1. The molecule has 6 atom stereocenters. The fourth-order valence-electron chi connectivity index (χ4n) is 6.96. The summed E-state index contributed by atoms with van der Waals surface area (Å²) in [6, 6.07) is 0. The molecule has 8 rings (SSSR count). The molecule has 0 aromatic rings. The lowest BCUT2D eigenvalue weighted by atomic mass is 9.37. The van der Waals surface area contributed by atoms with Gasteiger partial charge in [-0.3, -0.25) is 9.69 Å². The van der Waals surface area contributed by atoms with Crippen molar-refractivity contribution in [2.24, 2.45) is 29.6 Å². The van der Waals surface area contributed by atoms with Gasteiger partial charge >= 0.3 is 0 Å². The monoisotopic (exact) mass is 245 g/mol. The molecule has 0 radical (unpaired) electrons. The summed E-state index contributed by atoms with van der Waals surface area (Å²) in [4.78, 5) is 15.2. The summed E-state index contributed by atoms with van der Waals surface area (Å²) in [5.74, 6) is 4.67. The van der Waals surface area contributed by atoms with E-state index in [9.17, 15) is 4.79 Å². The molecule has 7 saturated carbocycles. The van der Waals surface area contributed by atoms with Crippen molar-refractivity contribution < 1.29 is 4.79 Å². The SMILES string of the molecule is O=C1C[C@H]2[C@H]3C[C@@H]1C1(N4CCCC4)C[C@H]3CC[C@H]21. The van der Waals surface area contributed by atoms with E-state index in [4.69, 9.17) is 0 Å². The van der Waals surface area contributed by atoms with Crippen LogP contribution in [0.15, 0.2) is 0 Å². The van der Waals surface area contributed by atoms with Crippen LogP contribution < -0.4 is 0 Å². The molecule has 7 aliphatic carbocycles. The lowest BCUT2D eigenvalue weighted by molar-refractivity contribution is -0.214. The van der Waals surface area contributed by atoms with Gasteiger partial charge in [0.2, 0.25) is 0 Å². The first-order valence-corrected chi connectivity index (χ1v) is 8.08. The first kappa shape index (κ1) is 10.4. The highest BCUT2D eigenvalue weighted by Crippen LogP contribution is 2.69. The molecule has 18 heavy (non-hydrogen) atoms. The molecule has 0 amide bonds. The highest BCUT2D eigenvalue weighted by molar-refractivity contribution is 5.85. The zero-order valence-electron chi connectivity index (χ0n) is 11.1. The largest absolute Gasteiger partial charge is 0.299 e. The Bertz CT molecular complexity index is 413. The number of carbonyl (C=O) groups is 1. The number of carbonyl (C=O) groups excluding carboxylic acids is 1. The molecule has 98 valence electrons. The summed E-state index contributed by atoms with van der Waals surface area (Å²) in [6.07, 6.45) is 9.25. The number of nitrogens with zero attached hydrogens (tertiary/aromatic N) is 1. The van der Waals surface area contributed by atoms with Gasteiger partial charge in [0, 0.05) is 17.9 Å². The van der Waals surface area contributed by atoms with Crippen molar-refractivity contribution >= 4 is 5.78 Å². The Morgan fingerprint density at radius 2 is 1.94 bits per heavy atom. The average Bonchev–Trinajstić information content (AvgIpc) is 2.93. The summed E-state index contributed by atoms with van der Waals surface area (Å²) in [7, 11) is 0. The van der Waals surface area contributed by atoms with E-state index < -0.39 is 0 Å². The molecule has 6 bridgehead atoms. The third-order valence-corrected chi connectivity index (χ3v) is 7.38. The summed E-state index contributed by atoms with van der Waals surface area (Å²) < 4.78 is 0. The topological polar surface area (TPSA) is 20.3 Å². The quantitative estimate of drug-likeness (QED) is 0.707. The third kappa shape index (κ3) is 0.973. The summed E-state index contributed by atoms with van der Waals surface area (Å²) in [6.45, 7) is 2.56. The summed E-state index contributed by atoms with van der Waals surface area (Å²) in [5, 5.41) is 0. The van der Waals surface area contributed by atoms with E-state index in [2.05, 4.69) is 4.90 Å². The van der Waals surface area contributed by atoms with Gasteiger partial charge in [0.1, 0.15) is 5.78 Å². The first-order chi connectivity index (χ1) is 8.80. The molecule has 0 N–H and O–H groups in total. The van der Waals surface area contributed by atoms with Gasteiger partial charge in [-0.1, -0.05) is 0 Å². The van der Waals surface area contributed by atoms with Crippen molar-refractivity contribution in [3.8, 4) is 0 Å². The van der Waals surface area contributed by atoms with Gasteiger partial charge in [-0.05, 0) is 75.3 Å². The highest BCUT2D eigenvalue weighted by Gasteiger charge is 2.70. The minimum atomic E-state index is 0.355. The molecule has 0 spiro atoms. The van der Waals surface area contributed by atoms with Crippen molar-refractivity contribution in [3.63, 3.8) is 0 Å². The Kier molecular flexibility index (Phi) is 1.85. The van der Waals surface area contributed by atoms with Gasteiger partial charge in [-0.15, -0.1) is 0 Å². The smallest absolute Gasteiger partial charge is 0.138 e. The molecule has 2 nitrogen and oxygen atoms in total. The highest BCUT2D eigenvalue weighted by atomic mass is 16.1. The van der Waals surface area contributed by atoms with Crippen LogP contribution in [0, 0.1) is 29.6 Å². The molecule has 8 aliphatic rings. The van der Waals surface area contributed by atoms with E-state index in [0.717, 1.165) is 30.1 Å². The second kappa shape index (κ2) is 3.20. The number of rotatable bonds is 1. The van der Waals surface area contributed by atoms with Crippen LogP contribution in [0.3, 0.4) is 0 Å². The minimum absolute atomic E-state index is 0.355. The fourth-order valence-corrected chi connectivity index (χ4v) is 6.96. The lowest BCUT2D eigenvalue weighted by Gasteiger charge is -2.72. The van der Waals surface area contributed by atoms with Crippen molar-refractivity contribution in [2.75, 3.05) is 13.1 Å². The second-order valence-corrected chi connectivity index (χ2v) is 7.62. The van der Waals surface area contributed by atoms with Crippen molar-refractivity contribution in [3.05, 3.63) is 0 Å². The van der Waals surface area contributed by atoms with E-state index >= 15 is 0 Å². The maximum absolute atomic E-state index is 12.5. The van der Waals surface area contributed by atoms with Crippen molar-refractivity contribution in [1.82, 2.24) is 4.90 Å². The van der Waals surface area contributed by atoms with E-state index in [1.54, 1.807) is 0 Å². The Labute approximate surface area is 109 Å². The predicted molar refractivity (Wildman–Crippen MR) is 69.1 cm³/mol. The van der Waals surface area contributed by atoms with Crippen LogP contribution >= 0.6 is 0 Å². The molecule has 1 saturated heterocycles. The van der Waals surface area contributed by atoms with Gasteiger partial charge in [-0.2, -0.15) is 0 Å². The van der Waals surface area contributed by atoms with Gasteiger partial charge in [-0.25, -0.2) is 0 Å². The van der Waals surface area contributed by atoms with Crippen LogP contribution in [0.25, 0.3) is 0 Å². The Hall–Kier alpha value is -0.370. The normalized spacial score (nSPS) is 57.8. The summed E-state index contributed by atoms with van der Waals surface area (Å²) in [5.41, 5.74) is 0.355. The zero-order valence-corrected chi connectivity index (χ0v) is 11.1. The maximum Gasteiger partial charge on any atom is 0.138 e. The molecule has 0 aromatic carbocycles. The predicted octanol–water partition coefficient (Wildman–Crippen LogP) is 2.48. The minimum Gasteiger partial charge on any atom is -0.299 e. The van der Waals surface area contributed by atoms with Gasteiger partial charge in [0.15, 0.2) is 0 Å². The standard InChI is InChI=1S/C16H23NO/c18-15-8-12-11-7-14(15)16(17-5-1-2-6-17)9-10(11)3-4-13(12)16/h10-14H,1-9H2/t10-,11+,12+,13-,14+,16?/m1/s1. The zero-order chi connectivity index (χ0) is 11.9. The van der Waals surface area contributed by atoms with E-state index in [1.807, 2.05) is 0 Å². The van der Waals surface area contributed by atoms with Crippen molar-refractivity contribution in [1.29, 1.82) is 0 Å². The Morgan fingerprint density at radius 3 is 2.78 bits per heavy atom. The molecule has 1 unspecified atom stereocenters. The molecule has 2 heteroatoms. The van der Waals surface area contributed by atoms with Gasteiger partial charge in [0.05, 0.1) is 0 Å². The molecular formula is C16H23NO. The maximum atomic E-state index is 12.5. The van der Waals surface area contributed by atoms with E-state index in [0.29, 0.717) is 17.2 Å². The summed E-state index contributed by atoms with van der Waals surface area (Å²) >= 11 is 0. The number of hydrogen-bond donors (Lipinski definition) is 0. The number of likely N-dealkylation sites (tertiary alicyclic amines) is 1. The Balaban J connectivity index is 1.65. The molecule has 8 fully saturated rings. The van der Waals surface area contributed by atoms with Crippen LogP contribution in [0.5, 0.6) is 0 Å². The van der Waals surface area contributed by atoms with Crippen LogP contribution in [0.1, 0.15) is 44.9 Å². The van der Waals surface area contributed by atoms with Gasteiger partial charge < -0.3 is 0 Å². The third-order valence-electron chi connectivity index (χ3n) is 7.38. The van der Waals surface area contributed by atoms with Crippen molar-refractivity contribution in [2.45, 2.75) is 50.5 Å². The fraction of sp³-hybridized carbons (Fsp3) is 0.938. The van der Waals surface area contributed by atoms with E-state index in [-0.39, 0.29) is 0 Å². The average molecular weight is 245 g/mol. The van der Waals surface area contributed by atoms with Crippen LogP contribution in [-0.2, 0) is 4.79 Å². The molecular weight excluding hydrogens is 222 g/mol. The second-order valence-electron chi connectivity index (χ2n) is 7.62. The van der Waals surface area contributed by atoms with E-state index in [1.165, 1.54) is 51.6 Å². The Morgan fingerprint density at radius 1 is 1.11 bits per heavy atom. The molecule has 1 heterocycles. The molecule has 0 aromatic heterocycles. The van der Waals surface area contributed by atoms with Crippen LogP contribution in [0.4, 0.5) is 0 Å². The molecule has 1 aliphatic heterocycles. The van der Waals surface area contributed by atoms with Crippen LogP contribution in [0.2, 0.25) is 0 Å². The number of fused-ring (bicyclic) bond motifs is 2. The number of ketones is 1. The number of hydrogen-bond acceptors (Lipinski definition) is 2. The van der Waals surface area contributed by atoms with Crippen LogP contribution in [-0.4, -0.2) is 29.3 Å².